The largest absolute Gasteiger partial charge is 0.335 e. The van der Waals surface area contributed by atoms with Crippen molar-refractivity contribution in [1.29, 1.82) is 0 Å². The maximum atomic E-state index is 12.4. The van der Waals surface area contributed by atoms with E-state index in [1.54, 1.807) is 11.9 Å². The summed E-state index contributed by atoms with van der Waals surface area (Å²) in [6.07, 6.45) is 5.65. The number of carbonyl (C=O) groups is 1. The normalized spacial score (nSPS) is 30.7. The van der Waals surface area contributed by atoms with E-state index in [0.29, 0.717) is 13.1 Å². The zero-order valence-corrected chi connectivity index (χ0v) is 13.9. The molecule has 0 atom stereocenters. The highest BCUT2D eigenvalue weighted by molar-refractivity contribution is 7.90. The van der Waals surface area contributed by atoms with Crippen LogP contribution in [0.4, 0.5) is 0 Å². The van der Waals surface area contributed by atoms with Crippen molar-refractivity contribution >= 4 is 15.9 Å². The van der Waals surface area contributed by atoms with Gasteiger partial charge in [0.15, 0.2) is 0 Å². The highest BCUT2D eigenvalue weighted by Crippen LogP contribution is 2.49. The highest BCUT2D eigenvalue weighted by Gasteiger charge is 2.51. The Morgan fingerprint density at radius 2 is 2.13 bits per heavy atom. The van der Waals surface area contributed by atoms with Crippen LogP contribution in [0.1, 0.15) is 42.7 Å². The quantitative estimate of drug-likeness (QED) is 0.826. The first-order valence-corrected chi connectivity index (χ1v) is 9.58. The molecule has 2 aliphatic carbocycles. The molecule has 0 unspecified atom stereocenters. The Morgan fingerprint density at radius 1 is 1.39 bits per heavy atom. The summed E-state index contributed by atoms with van der Waals surface area (Å²) < 4.78 is 28.3. The lowest BCUT2D eigenvalue weighted by Gasteiger charge is -2.45. The average Bonchev–Trinajstić information content (AvgIpc) is 3.11. The van der Waals surface area contributed by atoms with E-state index in [-0.39, 0.29) is 28.4 Å². The van der Waals surface area contributed by atoms with Gasteiger partial charge in [0.1, 0.15) is 6.33 Å². The van der Waals surface area contributed by atoms with Gasteiger partial charge in [-0.25, -0.2) is 18.1 Å². The zero-order chi connectivity index (χ0) is 16.2. The molecule has 2 saturated carbocycles. The van der Waals surface area contributed by atoms with Gasteiger partial charge >= 0.3 is 0 Å². The van der Waals surface area contributed by atoms with Gasteiger partial charge in [0.05, 0.1) is 5.25 Å². The number of aromatic nitrogens is 3. The lowest BCUT2D eigenvalue weighted by Crippen LogP contribution is -2.52. The Labute approximate surface area is 135 Å². The standard InChI is InChI=1S/C14H21N5O3S/c1-18-9-15-12(16-18)13(20)19-5-4-14(8-19)6-10(7-14)17-23(21,22)11-2-3-11/h9-11,17H,2-8H2,1H3. The number of hydrogen-bond donors (Lipinski definition) is 1. The maximum Gasteiger partial charge on any atom is 0.293 e. The predicted octanol–water partition coefficient (Wildman–Crippen LogP) is -0.108. The Balaban J connectivity index is 1.34. The van der Waals surface area contributed by atoms with Gasteiger partial charge in [-0.3, -0.25) is 9.48 Å². The maximum absolute atomic E-state index is 12.4. The van der Waals surface area contributed by atoms with Crippen LogP contribution in [0.2, 0.25) is 0 Å². The van der Waals surface area contributed by atoms with Gasteiger partial charge in [0.2, 0.25) is 15.8 Å². The molecule has 0 bridgehead atoms. The molecular formula is C14H21N5O3S. The summed E-state index contributed by atoms with van der Waals surface area (Å²) in [4.78, 5) is 18.2. The number of carbonyl (C=O) groups excluding carboxylic acids is 1. The number of hydrogen-bond acceptors (Lipinski definition) is 5. The van der Waals surface area contributed by atoms with Crippen LogP contribution in [0.5, 0.6) is 0 Å². The lowest BCUT2D eigenvalue weighted by molar-refractivity contribution is 0.0677. The Morgan fingerprint density at radius 3 is 2.74 bits per heavy atom. The molecule has 1 saturated heterocycles. The van der Waals surface area contributed by atoms with E-state index in [9.17, 15) is 13.2 Å². The summed E-state index contributed by atoms with van der Waals surface area (Å²) in [6, 6.07) is 0.0311. The predicted molar refractivity (Wildman–Crippen MR) is 82.1 cm³/mol. The van der Waals surface area contributed by atoms with Crippen LogP contribution in [0.15, 0.2) is 6.33 Å². The molecule has 1 spiro atoms. The van der Waals surface area contributed by atoms with Crippen LogP contribution in [-0.4, -0.2) is 58.4 Å². The van der Waals surface area contributed by atoms with Crippen LogP contribution in [0, 0.1) is 5.41 Å². The molecular weight excluding hydrogens is 318 g/mol. The first-order chi connectivity index (χ1) is 10.9. The smallest absolute Gasteiger partial charge is 0.293 e. The molecule has 126 valence electrons. The van der Waals surface area contributed by atoms with Gasteiger partial charge in [-0.2, -0.15) is 0 Å². The van der Waals surface area contributed by atoms with Gasteiger partial charge in [0, 0.05) is 26.2 Å². The fourth-order valence-corrected chi connectivity index (χ4v) is 5.38. The molecule has 1 aliphatic heterocycles. The van der Waals surface area contributed by atoms with Crippen molar-refractivity contribution in [3.05, 3.63) is 12.2 Å². The summed E-state index contributed by atoms with van der Waals surface area (Å²) in [5.41, 5.74) is 0.0706. The average molecular weight is 339 g/mol. The third kappa shape index (κ3) is 2.76. The SMILES string of the molecule is Cn1cnc(C(=O)N2CCC3(CC(NS(=O)(=O)C4CC4)C3)C2)n1. The van der Waals surface area contributed by atoms with Gasteiger partial charge in [0.25, 0.3) is 5.91 Å². The van der Waals surface area contributed by atoms with Crippen molar-refractivity contribution < 1.29 is 13.2 Å². The molecule has 9 heteroatoms. The molecule has 0 aromatic carbocycles. The van der Waals surface area contributed by atoms with Crippen LogP contribution in [0.3, 0.4) is 0 Å². The molecule has 1 aromatic rings. The molecule has 0 radical (unpaired) electrons. The topological polar surface area (TPSA) is 97.2 Å². The molecule has 2 heterocycles. The number of nitrogens with one attached hydrogen (secondary N) is 1. The van der Waals surface area contributed by atoms with Gasteiger partial charge in [-0.1, -0.05) is 0 Å². The zero-order valence-electron chi connectivity index (χ0n) is 13.1. The van der Waals surface area contributed by atoms with Crippen molar-refractivity contribution in [3.8, 4) is 0 Å². The third-order valence-corrected chi connectivity index (χ3v) is 7.18. The van der Waals surface area contributed by atoms with E-state index in [2.05, 4.69) is 14.8 Å². The van der Waals surface area contributed by atoms with E-state index in [0.717, 1.165) is 32.1 Å². The summed E-state index contributed by atoms with van der Waals surface area (Å²) in [7, 11) is -1.38. The fraction of sp³-hybridized carbons (Fsp3) is 0.786. The van der Waals surface area contributed by atoms with Crippen molar-refractivity contribution in [1.82, 2.24) is 24.4 Å². The second-order valence-corrected chi connectivity index (χ2v) is 9.18. The third-order valence-electron chi connectivity index (χ3n) is 5.17. The Bertz CT molecular complexity index is 733. The highest BCUT2D eigenvalue weighted by atomic mass is 32.2. The first kappa shape index (κ1) is 15.1. The molecule has 23 heavy (non-hydrogen) atoms. The first-order valence-electron chi connectivity index (χ1n) is 8.03. The molecule has 3 fully saturated rings. The summed E-state index contributed by atoms with van der Waals surface area (Å²) >= 11 is 0. The lowest BCUT2D eigenvalue weighted by atomic mass is 9.65. The summed E-state index contributed by atoms with van der Waals surface area (Å²) in [6.45, 7) is 1.37. The number of sulfonamides is 1. The van der Waals surface area contributed by atoms with Gasteiger partial charge < -0.3 is 4.90 Å². The fourth-order valence-electron chi connectivity index (χ4n) is 3.80. The van der Waals surface area contributed by atoms with E-state index in [4.69, 9.17) is 0 Å². The molecule has 3 aliphatic rings. The van der Waals surface area contributed by atoms with E-state index >= 15 is 0 Å². The summed E-state index contributed by atoms with van der Waals surface area (Å²) in [5, 5.41) is 3.89. The molecule has 1 aromatic heterocycles. The minimum Gasteiger partial charge on any atom is -0.335 e. The monoisotopic (exact) mass is 339 g/mol. The minimum absolute atomic E-state index is 0.0311. The van der Waals surface area contributed by atoms with Crippen LogP contribution < -0.4 is 4.72 Å². The van der Waals surface area contributed by atoms with Gasteiger partial charge in [-0.05, 0) is 37.5 Å². The van der Waals surface area contributed by atoms with E-state index < -0.39 is 10.0 Å². The number of aryl methyl sites for hydroxylation is 1. The van der Waals surface area contributed by atoms with Crippen LogP contribution in [0.25, 0.3) is 0 Å². The molecule has 1 amide bonds. The number of nitrogens with zero attached hydrogens (tertiary/aromatic N) is 4. The Hall–Kier alpha value is -1.48. The van der Waals surface area contributed by atoms with Crippen molar-refractivity contribution in [2.75, 3.05) is 13.1 Å². The summed E-state index contributed by atoms with van der Waals surface area (Å²) in [5.74, 6) is 0.0966. The van der Waals surface area contributed by atoms with Crippen molar-refractivity contribution in [3.63, 3.8) is 0 Å². The number of likely N-dealkylation sites (tertiary alicyclic amines) is 1. The second-order valence-electron chi connectivity index (χ2n) is 7.19. The van der Waals surface area contributed by atoms with Crippen LogP contribution in [-0.2, 0) is 17.1 Å². The van der Waals surface area contributed by atoms with Gasteiger partial charge in [-0.15, -0.1) is 5.10 Å². The Kier molecular flexibility index (Phi) is 3.28. The number of rotatable bonds is 4. The van der Waals surface area contributed by atoms with E-state index in [1.165, 1.54) is 11.0 Å². The molecule has 1 N–H and O–H groups in total. The molecule has 4 rings (SSSR count). The molecule has 8 nitrogen and oxygen atoms in total. The van der Waals surface area contributed by atoms with E-state index in [1.807, 2.05) is 0 Å². The second kappa shape index (κ2) is 5.01. The number of amides is 1. The van der Waals surface area contributed by atoms with Crippen molar-refractivity contribution in [2.24, 2.45) is 12.5 Å². The minimum atomic E-state index is -3.12. The van der Waals surface area contributed by atoms with Crippen LogP contribution >= 0.6 is 0 Å². The van der Waals surface area contributed by atoms with Crippen molar-refractivity contribution in [2.45, 2.75) is 43.4 Å².